The number of nitrogens with zero attached hydrogens (tertiary/aromatic N) is 3. The van der Waals surface area contributed by atoms with Crippen molar-refractivity contribution in [1.82, 2.24) is 4.98 Å². The van der Waals surface area contributed by atoms with E-state index in [1.807, 2.05) is 29.2 Å². The van der Waals surface area contributed by atoms with Crippen LogP contribution in [0.15, 0.2) is 39.9 Å². The number of anilines is 1. The molecule has 19 heavy (non-hydrogen) atoms. The van der Waals surface area contributed by atoms with Crippen LogP contribution in [0.4, 0.5) is 5.69 Å². The predicted molar refractivity (Wildman–Crippen MR) is 83.0 cm³/mol. The molecular formula is C12H10BrClN4S. The van der Waals surface area contributed by atoms with E-state index in [0.717, 1.165) is 15.2 Å². The molecule has 7 heteroatoms. The Morgan fingerprint density at radius 2 is 2.11 bits per heavy atom. The smallest absolute Gasteiger partial charge is 0.196 e. The minimum atomic E-state index is 0.0266. The summed E-state index contributed by atoms with van der Waals surface area (Å²) in [6.45, 7) is 0.603. The second kappa shape index (κ2) is 5.11. The molecule has 4 nitrogen and oxygen atoms in total. The molecule has 0 fully saturated rings. The summed E-state index contributed by atoms with van der Waals surface area (Å²) in [6, 6.07) is 7.98. The molecule has 1 unspecified atom stereocenters. The Labute approximate surface area is 128 Å². The largest absolute Gasteiger partial charge is 0.369 e. The van der Waals surface area contributed by atoms with E-state index in [-0.39, 0.29) is 6.04 Å². The molecule has 0 amide bonds. The maximum absolute atomic E-state index is 5.99. The number of nitrogens with two attached hydrogens (primary N) is 1. The van der Waals surface area contributed by atoms with Crippen LogP contribution in [0.5, 0.6) is 0 Å². The van der Waals surface area contributed by atoms with Crippen LogP contribution in [-0.2, 0) is 0 Å². The predicted octanol–water partition coefficient (Wildman–Crippen LogP) is 3.44. The average molecular weight is 358 g/mol. The standard InChI is InChI=1S/C12H10BrClN4S/c13-7-1-3-8(4-2-7)18-9(5-17-12(18)15)11-16-6-10(14)19-11/h1-4,6,9H,5H2,(H2,15,17). The molecule has 1 aliphatic heterocycles. The Bertz CT molecular complexity index is 625. The molecule has 98 valence electrons. The number of halogens is 2. The average Bonchev–Trinajstić information content (AvgIpc) is 2.97. The van der Waals surface area contributed by atoms with Gasteiger partial charge in [-0.2, -0.15) is 0 Å². The van der Waals surface area contributed by atoms with Crippen molar-refractivity contribution < 1.29 is 0 Å². The molecule has 0 spiro atoms. The molecule has 2 heterocycles. The van der Waals surface area contributed by atoms with Gasteiger partial charge in [0, 0.05) is 10.2 Å². The number of hydrogen-bond donors (Lipinski definition) is 1. The molecule has 0 radical (unpaired) electrons. The van der Waals surface area contributed by atoms with E-state index in [2.05, 4.69) is 25.9 Å². The molecule has 1 atom stereocenters. The Morgan fingerprint density at radius 3 is 2.74 bits per heavy atom. The van der Waals surface area contributed by atoms with Gasteiger partial charge in [0.1, 0.15) is 15.4 Å². The van der Waals surface area contributed by atoms with E-state index >= 15 is 0 Å². The monoisotopic (exact) mass is 356 g/mol. The summed E-state index contributed by atoms with van der Waals surface area (Å²) in [6.07, 6.45) is 1.66. The number of aromatic nitrogens is 1. The van der Waals surface area contributed by atoms with Crippen molar-refractivity contribution in [2.75, 3.05) is 11.4 Å². The SMILES string of the molecule is NC1=NCC(c2ncc(Cl)s2)N1c1ccc(Br)cc1. The van der Waals surface area contributed by atoms with Gasteiger partial charge in [0.15, 0.2) is 5.96 Å². The van der Waals surface area contributed by atoms with Crippen LogP contribution in [0.1, 0.15) is 11.0 Å². The third-order valence-corrected chi connectivity index (χ3v) is 4.61. The number of thiazole rings is 1. The number of hydrogen-bond acceptors (Lipinski definition) is 5. The van der Waals surface area contributed by atoms with E-state index in [1.165, 1.54) is 11.3 Å². The summed E-state index contributed by atoms with van der Waals surface area (Å²) < 4.78 is 1.70. The number of benzene rings is 1. The van der Waals surface area contributed by atoms with Crippen LogP contribution in [0.25, 0.3) is 0 Å². The van der Waals surface area contributed by atoms with Crippen LogP contribution in [-0.4, -0.2) is 17.5 Å². The normalized spacial score (nSPS) is 18.7. The van der Waals surface area contributed by atoms with Crippen molar-refractivity contribution in [3.05, 3.63) is 44.3 Å². The Balaban J connectivity index is 1.96. The first-order valence-corrected chi connectivity index (χ1v) is 7.60. The zero-order chi connectivity index (χ0) is 13.4. The summed E-state index contributed by atoms with van der Waals surface area (Å²) in [5.74, 6) is 0.513. The molecule has 1 aromatic carbocycles. The Kier molecular flexibility index (Phi) is 3.47. The van der Waals surface area contributed by atoms with Crippen molar-refractivity contribution in [2.45, 2.75) is 6.04 Å². The molecule has 1 aromatic heterocycles. The summed E-state index contributed by atoms with van der Waals surface area (Å²) in [5, 5.41) is 0.928. The number of rotatable bonds is 2. The second-order valence-corrected chi connectivity index (χ2v) is 6.67. The summed E-state index contributed by atoms with van der Waals surface area (Å²) in [5.41, 5.74) is 6.99. The lowest BCUT2D eigenvalue weighted by Crippen LogP contribution is -2.36. The van der Waals surface area contributed by atoms with Crippen LogP contribution in [0.3, 0.4) is 0 Å². The van der Waals surface area contributed by atoms with Crippen molar-refractivity contribution >= 4 is 50.5 Å². The molecule has 0 saturated heterocycles. The van der Waals surface area contributed by atoms with Gasteiger partial charge in [-0.3, -0.25) is 4.99 Å². The summed E-state index contributed by atoms with van der Waals surface area (Å²) in [4.78, 5) is 10.6. The summed E-state index contributed by atoms with van der Waals surface area (Å²) >= 11 is 10.8. The highest BCUT2D eigenvalue weighted by molar-refractivity contribution is 9.10. The first-order valence-electron chi connectivity index (χ1n) is 5.61. The molecule has 0 bridgehead atoms. The molecule has 1 aliphatic rings. The molecule has 3 rings (SSSR count). The van der Waals surface area contributed by atoms with Gasteiger partial charge < -0.3 is 10.6 Å². The molecule has 2 aromatic rings. The zero-order valence-electron chi connectivity index (χ0n) is 9.75. The Hall–Kier alpha value is -1.11. The lowest BCUT2D eigenvalue weighted by molar-refractivity contribution is 0.760. The van der Waals surface area contributed by atoms with E-state index in [4.69, 9.17) is 17.3 Å². The number of guanidine groups is 1. The number of aliphatic imine (C=N–C) groups is 1. The highest BCUT2D eigenvalue weighted by Gasteiger charge is 2.30. The van der Waals surface area contributed by atoms with Crippen LogP contribution in [0.2, 0.25) is 4.34 Å². The van der Waals surface area contributed by atoms with Crippen molar-refractivity contribution in [3.63, 3.8) is 0 Å². The molecular weight excluding hydrogens is 348 g/mol. The van der Waals surface area contributed by atoms with Gasteiger partial charge in [-0.25, -0.2) is 4.98 Å². The maximum Gasteiger partial charge on any atom is 0.196 e. The lowest BCUT2D eigenvalue weighted by Gasteiger charge is -2.24. The van der Waals surface area contributed by atoms with Gasteiger partial charge in [0.2, 0.25) is 0 Å². The van der Waals surface area contributed by atoms with Gasteiger partial charge in [-0.1, -0.05) is 27.5 Å². The van der Waals surface area contributed by atoms with E-state index < -0.39 is 0 Å². The van der Waals surface area contributed by atoms with E-state index in [1.54, 1.807) is 6.20 Å². The van der Waals surface area contributed by atoms with Gasteiger partial charge >= 0.3 is 0 Å². The lowest BCUT2D eigenvalue weighted by atomic mass is 10.2. The fraction of sp³-hybridized carbons (Fsp3) is 0.167. The van der Waals surface area contributed by atoms with Gasteiger partial charge in [-0.15, -0.1) is 11.3 Å². The van der Waals surface area contributed by atoms with Crippen molar-refractivity contribution in [3.8, 4) is 0 Å². The first-order chi connectivity index (χ1) is 9.15. The van der Waals surface area contributed by atoms with Gasteiger partial charge in [0.25, 0.3) is 0 Å². The quantitative estimate of drug-likeness (QED) is 0.896. The van der Waals surface area contributed by atoms with Crippen molar-refractivity contribution in [1.29, 1.82) is 0 Å². The minimum absolute atomic E-state index is 0.0266. The maximum atomic E-state index is 5.99. The third-order valence-electron chi connectivity index (χ3n) is 2.87. The Morgan fingerprint density at radius 1 is 1.37 bits per heavy atom. The van der Waals surface area contributed by atoms with Gasteiger partial charge in [-0.05, 0) is 24.3 Å². The highest BCUT2D eigenvalue weighted by atomic mass is 79.9. The molecule has 0 aliphatic carbocycles. The first kappa shape index (κ1) is 12.9. The highest BCUT2D eigenvalue weighted by Crippen LogP contribution is 2.34. The topological polar surface area (TPSA) is 54.5 Å². The van der Waals surface area contributed by atoms with Crippen LogP contribution >= 0.6 is 38.9 Å². The molecule has 2 N–H and O–H groups in total. The van der Waals surface area contributed by atoms with Crippen LogP contribution in [0, 0.1) is 0 Å². The fourth-order valence-corrected chi connectivity index (χ4v) is 3.30. The second-order valence-electron chi connectivity index (χ2n) is 4.06. The fourth-order valence-electron chi connectivity index (χ4n) is 2.02. The molecule has 0 saturated carbocycles. The van der Waals surface area contributed by atoms with Crippen LogP contribution < -0.4 is 10.6 Å². The zero-order valence-corrected chi connectivity index (χ0v) is 12.9. The van der Waals surface area contributed by atoms with E-state index in [9.17, 15) is 0 Å². The van der Waals surface area contributed by atoms with Crippen molar-refractivity contribution in [2.24, 2.45) is 10.7 Å². The minimum Gasteiger partial charge on any atom is -0.369 e. The van der Waals surface area contributed by atoms with Gasteiger partial charge in [0.05, 0.1) is 12.7 Å². The summed E-state index contributed by atoms with van der Waals surface area (Å²) in [7, 11) is 0. The third kappa shape index (κ3) is 2.48. The van der Waals surface area contributed by atoms with E-state index in [0.29, 0.717) is 16.8 Å².